The number of allylic oxidation sites excluding steroid dienone is 1. The molecule has 1 aromatic heterocycles. The summed E-state index contributed by atoms with van der Waals surface area (Å²) in [6, 6.07) is 0.0896. The molecule has 3 aliphatic rings. The average Bonchev–Trinajstić information content (AvgIpc) is 2.64. The third-order valence-electron chi connectivity index (χ3n) is 5.62. The largest absolute Gasteiger partial charge is 1.00 e. The maximum Gasteiger partial charge on any atom is 0.280 e. The highest BCUT2D eigenvalue weighted by Crippen LogP contribution is 2.35. The molecule has 3 fully saturated rings. The van der Waals surface area contributed by atoms with Crippen molar-refractivity contribution in [2.24, 2.45) is 16.6 Å². The van der Waals surface area contributed by atoms with Gasteiger partial charge in [0.15, 0.2) is 28.4 Å². The summed E-state index contributed by atoms with van der Waals surface area (Å²) in [5, 5.41) is 2.46. The molecule has 0 aliphatic carbocycles. The normalized spacial score (nSPS) is 25.8. The van der Waals surface area contributed by atoms with Gasteiger partial charge in [0.1, 0.15) is 12.6 Å². The SMILES string of the molecule is CC(C)=CC[N+]12CCC(CC1)[C@H](N=C(N)NC(=O)c1nc(Cl)c(N)nc1N)C2.[Br-]. The van der Waals surface area contributed by atoms with Gasteiger partial charge in [-0.05, 0) is 25.8 Å². The number of anilines is 2. The summed E-state index contributed by atoms with van der Waals surface area (Å²) in [5.41, 5.74) is 18.5. The number of nitrogens with one attached hydrogen (secondary N) is 1. The monoisotopic (exact) mass is 486 g/mol. The fraction of sp³-hybridized carbons (Fsp3) is 0.556. The van der Waals surface area contributed by atoms with Crippen molar-refractivity contribution in [2.75, 3.05) is 37.6 Å². The molecular formula is C18H28BrClN8O. The molecule has 0 radical (unpaired) electrons. The lowest BCUT2D eigenvalue weighted by atomic mass is 9.82. The lowest BCUT2D eigenvalue weighted by Crippen LogP contribution is -3.00. The van der Waals surface area contributed by atoms with Gasteiger partial charge in [-0.25, -0.2) is 15.0 Å². The van der Waals surface area contributed by atoms with E-state index in [9.17, 15) is 4.79 Å². The first-order chi connectivity index (χ1) is 13.2. The van der Waals surface area contributed by atoms with Crippen molar-refractivity contribution in [3.8, 4) is 0 Å². The van der Waals surface area contributed by atoms with E-state index >= 15 is 0 Å². The quantitative estimate of drug-likeness (QED) is 0.166. The van der Waals surface area contributed by atoms with Crippen LogP contribution in [0, 0.1) is 5.92 Å². The minimum atomic E-state index is -0.608. The molecule has 160 valence electrons. The number of carbonyl (C=O) groups excluding carboxylic acids is 1. The molecule has 4 rings (SSSR count). The Kier molecular flexibility index (Phi) is 7.47. The molecule has 0 spiro atoms. The van der Waals surface area contributed by atoms with Crippen LogP contribution < -0.4 is 39.5 Å². The zero-order chi connectivity index (χ0) is 20.5. The molecule has 3 aliphatic heterocycles. The number of nitrogen functional groups attached to an aromatic ring is 2. The van der Waals surface area contributed by atoms with Gasteiger partial charge in [0.25, 0.3) is 5.91 Å². The van der Waals surface area contributed by atoms with E-state index in [4.69, 9.17) is 28.8 Å². The molecule has 7 N–H and O–H groups in total. The molecule has 1 atom stereocenters. The predicted molar refractivity (Wildman–Crippen MR) is 111 cm³/mol. The van der Waals surface area contributed by atoms with Crippen molar-refractivity contribution >= 4 is 35.1 Å². The Bertz CT molecular complexity index is 831. The molecule has 1 amide bonds. The molecule has 0 aromatic carbocycles. The number of quaternary nitrogens is 1. The topological polar surface area (TPSA) is 145 Å². The van der Waals surface area contributed by atoms with Gasteiger partial charge < -0.3 is 38.7 Å². The molecule has 0 unspecified atom stereocenters. The second kappa shape index (κ2) is 9.27. The third-order valence-corrected chi connectivity index (χ3v) is 5.90. The zero-order valence-corrected chi connectivity index (χ0v) is 19.0. The highest BCUT2D eigenvalue weighted by Gasteiger charge is 2.45. The number of aliphatic imine (C=N–C) groups is 1. The Balaban J connectivity index is 0.00000300. The van der Waals surface area contributed by atoms with Crippen LogP contribution in [-0.2, 0) is 0 Å². The van der Waals surface area contributed by atoms with E-state index < -0.39 is 5.91 Å². The van der Waals surface area contributed by atoms with Crippen molar-refractivity contribution in [2.45, 2.75) is 32.7 Å². The molecule has 11 heteroatoms. The number of hydrogen-bond donors (Lipinski definition) is 4. The van der Waals surface area contributed by atoms with Gasteiger partial charge in [0, 0.05) is 12.8 Å². The minimum absolute atomic E-state index is 0. The van der Waals surface area contributed by atoms with Crippen molar-refractivity contribution in [3.05, 3.63) is 22.5 Å². The van der Waals surface area contributed by atoms with E-state index in [0.717, 1.165) is 30.4 Å². The molecule has 1 aromatic rings. The number of halogens is 2. The fourth-order valence-corrected chi connectivity index (χ4v) is 4.15. The molecule has 2 bridgehead atoms. The van der Waals surface area contributed by atoms with Crippen LogP contribution in [0.5, 0.6) is 0 Å². The lowest BCUT2D eigenvalue weighted by molar-refractivity contribution is -0.938. The first-order valence-corrected chi connectivity index (χ1v) is 9.78. The summed E-state index contributed by atoms with van der Waals surface area (Å²) in [4.78, 5) is 24.7. The number of nitrogens with zero attached hydrogens (tertiary/aromatic N) is 4. The maximum absolute atomic E-state index is 12.4. The summed E-state index contributed by atoms with van der Waals surface area (Å²) >= 11 is 5.83. The Morgan fingerprint density at radius 1 is 1.28 bits per heavy atom. The van der Waals surface area contributed by atoms with Crippen molar-refractivity contribution in [1.82, 2.24) is 15.3 Å². The van der Waals surface area contributed by atoms with E-state index in [-0.39, 0.29) is 51.5 Å². The maximum atomic E-state index is 12.4. The summed E-state index contributed by atoms with van der Waals surface area (Å²) in [6.45, 7) is 8.53. The minimum Gasteiger partial charge on any atom is -1.00 e. The molecule has 4 heterocycles. The average molecular weight is 488 g/mol. The van der Waals surface area contributed by atoms with E-state index in [1.165, 1.54) is 18.7 Å². The molecule has 3 saturated heterocycles. The number of rotatable bonds is 4. The van der Waals surface area contributed by atoms with Gasteiger partial charge in [-0.15, -0.1) is 0 Å². The zero-order valence-electron chi connectivity index (χ0n) is 16.7. The van der Waals surface area contributed by atoms with Crippen LogP contribution >= 0.6 is 11.6 Å². The first kappa shape index (κ1) is 23.4. The van der Waals surface area contributed by atoms with Crippen LogP contribution in [0.2, 0.25) is 5.15 Å². The van der Waals surface area contributed by atoms with Crippen LogP contribution in [-0.4, -0.2) is 58.5 Å². The molecule has 0 saturated carbocycles. The number of amides is 1. The number of guanidine groups is 1. The van der Waals surface area contributed by atoms with Crippen LogP contribution in [0.25, 0.3) is 0 Å². The Hall–Kier alpha value is -1.91. The van der Waals surface area contributed by atoms with E-state index in [1.54, 1.807) is 0 Å². The molecular weight excluding hydrogens is 460 g/mol. The number of piperidine rings is 3. The Morgan fingerprint density at radius 3 is 2.55 bits per heavy atom. The smallest absolute Gasteiger partial charge is 0.280 e. The van der Waals surface area contributed by atoms with Gasteiger partial charge in [-0.2, -0.15) is 0 Å². The van der Waals surface area contributed by atoms with E-state index in [0.29, 0.717) is 5.92 Å². The summed E-state index contributed by atoms with van der Waals surface area (Å²) < 4.78 is 1.03. The highest BCUT2D eigenvalue weighted by molar-refractivity contribution is 6.31. The number of aromatic nitrogens is 2. The van der Waals surface area contributed by atoms with Gasteiger partial charge in [-0.1, -0.05) is 17.2 Å². The second-order valence-corrected chi connectivity index (χ2v) is 8.30. The van der Waals surface area contributed by atoms with Gasteiger partial charge in [0.2, 0.25) is 0 Å². The summed E-state index contributed by atoms with van der Waals surface area (Å²) in [7, 11) is 0. The van der Waals surface area contributed by atoms with Crippen LogP contribution in [0.15, 0.2) is 16.6 Å². The van der Waals surface area contributed by atoms with Crippen LogP contribution in [0.4, 0.5) is 11.6 Å². The number of fused-ring (bicyclic) bond motifs is 3. The highest BCUT2D eigenvalue weighted by atomic mass is 79.9. The third kappa shape index (κ3) is 5.37. The standard InChI is InChI=1S/C18H27ClN8O.BrH/c1-10(2)3-6-27-7-4-11(5-8-27)12(9-27)23-18(22)26-17(28)13-15(20)25-16(21)14(19)24-13;/h3,11-12H,4-9H2,1-2H3,(H6-,20,21,22,23,25,26,28);1H/t11?,12-,27?;/m1./s1. The molecule has 9 nitrogen and oxygen atoms in total. The molecule has 29 heavy (non-hydrogen) atoms. The Morgan fingerprint density at radius 2 is 1.93 bits per heavy atom. The number of hydrogen-bond acceptors (Lipinski definition) is 6. The van der Waals surface area contributed by atoms with E-state index in [1.807, 2.05) is 0 Å². The predicted octanol–water partition coefficient (Wildman–Crippen LogP) is -2.08. The summed E-state index contributed by atoms with van der Waals surface area (Å²) in [5.74, 6) is -0.199. The van der Waals surface area contributed by atoms with Crippen molar-refractivity contribution < 1.29 is 26.3 Å². The van der Waals surface area contributed by atoms with Gasteiger partial charge in [0.05, 0.1) is 19.6 Å². The van der Waals surface area contributed by atoms with Crippen LogP contribution in [0.3, 0.4) is 0 Å². The van der Waals surface area contributed by atoms with Crippen molar-refractivity contribution in [1.29, 1.82) is 0 Å². The fourth-order valence-electron chi connectivity index (χ4n) is 4.02. The Labute approximate surface area is 186 Å². The van der Waals surface area contributed by atoms with Crippen molar-refractivity contribution in [3.63, 3.8) is 0 Å². The first-order valence-electron chi connectivity index (χ1n) is 9.41. The van der Waals surface area contributed by atoms with Gasteiger partial charge in [-0.3, -0.25) is 10.1 Å². The van der Waals surface area contributed by atoms with Gasteiger partial charge >= 0.3 is 0 Å². The lowest BCUT2D eigenvalue weighted by Gasteiger charge is -2.51. The van der Waals surface area contributed by atoms with Crippen LogP contribution in [0.1, 0.15) is 37.2 Å². The number of nitrogens with two attached hydrogens (primary N) is 3. The van der Waals surface area contributed by atoms with E-state index in [2.05, 4.69) is 40.2 Å². The number of carbonyl (C=O) groups is 1. The second-order valence-electron chi connectivity index (χ2n) is 7.94. The summed E-state index contributed by atoms with van der Waals surface area (Å²) in [6.07, 6.45) is 4.54.